The molecule has 1 saturated heterocycles. The Bertz CT molecular complexity index is 2170. The standard InChI is InChI=1S/C43H48N4O8S.2K.2H/c1-2-47(35-21-17-32(18-22-35)43(52)53)56(54,55)37-8-6-7-33(27-37)40(48)45-39-24-23-36(46-25-4-3-5-26-46)28-38(39)41(49)44-34-19-13-30(14-20-34)10-9-29-11-15-31(16-12-29)42(50)51;;;;/h6-8,11-16,19-20,23-24,27-28,32,35H,2-5,9-10,17-18,21-22,25-26H2,1H3,(H,44,49)(H,45,48)(H,50,51)(H,52,53);;;;. The van der Waals surface area contributed by atoms with Crippen LogP contribution >= 0.6 is 0 Å². The summed E-state index contributed by atoms with van der Waals surface area (Å²) in [6, 6.07) is 25.1. The Morgan fingerprint density at radius 2 is 1.34 bits per heavy atom. The van der Waals surface area contributed by atoms with Crippen molar-refractivity contribution in [3.63, 3.8) is 0 Å². The van der Waals surface area contributed by atoms with E-state index in [-0.39, 0.29) is 143 Å². The molecule has 1 saturated carbocycles. The molecule has 15 heteroatoms. The molecule has 4 N–H and O–H groups in total. The summed E-state index contributed by atoms with van der Waals surface area (Å²) in [6.07, 6.45) is 6.36. The predicted molar refractivity (Wildman–Crippen MR) is 229 cm³/mol. The summed E-state index contributed by atoms with van der Waals surface area (Å²) >= 11 is 0. The summed E-state index contributed by atoms with van der Waals surface area (Å²) in [7, 11) is -4.00. The van der Waals surface area contributed by atoms with Gasteiger partial charge in [-0.05, 0) is 130 Å². The van der Waals surface area contributed by atoms with E-state index in [1.807, 2.05) is 42.5 Å². The molecule has 4 aromatic carbocycles. The van der Waals surface area contributed by atoms with Crippen molar-refractivity contribution in [1.29, 1.82) is 0 Å². The average Bonchev–Trinajstić information content (AvgIpc) is 3.21. The molecule has 1 aliphatic heterocycles. The second-order valence-corrected chi connectivity index (χ2v) is 16.4. The van der Waals surface area contributed by atoms with Crippen LogP contribution < -0.4 is 15.5 Å². The number of aromatic carboxylic acids is 1. The monoisotopic (exact) mass is 860 g/mol. The van der Waals surface area contributed by atoms with Crippen molar-refractivity contribution in [3.05, 3.63) is 119 Å². The van der Waals surface area contributed by atoms with Gasteiger partial charge in [-0.1, -0.05) is 37.3 Å². The molecule has 0 unspecified atom stereocenters. The van der Waals surface area contributed by atoms with Gasteiger partial charge in [0.1, 0.15) is 0 Å². The van der Waals surface area contributed by atoms with Gasteiger partial charge in [-0.25, -0.2) is 13.2 Å². The second-order valence-electron chi connectivity index (χ2n) is 14.5. The fraction of sp³-hybridized carbons (Fsp3) is 0.349. The Kier molecular flexibility index (Phi) is 18.8. The third kappa shape index (κ3) is 12.4. The molecule has 0 bridgehead atoms. The molecule has 298 valence electrons. The van der Waals surface area contributed by atoms with Gasteiger partial charge in [0.25, 0.3) is 11.8 Å². The first-order valence-electron chi connectivity index (χ1n) is 19.2. The van der Waals surface area contributed by atoms with Crippen molar-refractivity contribution in [2.45, 2.75) is 75.6 Å². The minimum atomic E-state index is -4.00. The first kappa shape index (κ1) is 48.4. The van der Waals surface area contributed by atoms with E-state index < -0.39 is 39.7 Å². The summed E-state index contributed by atoms with van der Waals surface area (Å²) in [6.45, 7) is 3.67. The van der Waals surface area contributed by atoms with Gasteiger partial charge in [0.15, 0.2) is 0 Å². The number of anilines is 3. The Morgan fingerprint density at radius 1 is 0.724 bits per heavy atom. The molecule has 0 radical (unpaired) electrons. The molecule has 2 aliphatic rings. The van der Waals surface area contributed by atoms with Crippen LogP contribution in [0.15, 0.2) is 95.9 Å². The first-order chi connectivity index (χ1) is 26.9. The van der Waals surface area contributed by atoms with Crippen molar-refractivity contribution in [3.8, 4) is 0 Å². The molecule has 2 fully saturated rings. The molecular formula is C43H50K2N4O8S. The fourth-order valence-electron chi connectivity index (χ4n) is 7.60. The zero-order valence-corrected chi connectivity index (χ0v) is 32.3. The van der Waals surface area contributed by atoms with Gasteiger partial charge in [-0.3, -0.25) is 14.4 Å². The van der Waals surface area contributed by atoms with Crippen LogP contribution in [0.4, 0.5) is 17.1 Å². The number of benzene rings is 4. The number of carbonyl (C=O) groups is 4. The third-order valence-electron chi connectivity index (χ3n) is 10.8. The minimum absolute atomic E-state index is 0. The number of carboxylic acid groups (broad SMARTS) is 2. The molecule has 4 aromatic rings. The molecule has 58 heavy (non-hydrogen) atoms. The Hall–Kier alpha value is -2.26. The zero-order chi connectivity index (χ0) is 39.8. The number of carbonyl (C=O) groups excluding carboxylic acids is 2. The Balaban J connectivity index is 0.00000372. The summed E-state index contributed by atoms with van der Waals surface area (Å²) < 4.78 is 29.1. The van der Waals surface area contributed by atoms with E-state index >= 15 is 0 Å². The van der Waals surface area contributed by atoms with E-state index in [0.29, 0.717) is 31.4 Å². The van der Waals surface area contributed by atoms with Crippen molar-refractivity contribution in [1.82, 2.24) is 4.31 Å². The number of aliphatic carboxylic acids is 1. The molecule has 0 spiro atoms. The van der Waals surface area contributed by atoms with Crippen LogP contribution in [-0.4, -0.2) is 175 Å². The number of carboxylic acids is 2. The number of aryl methyl sites for hydroxylation is 2. The van der Waals surface area contributed by atoms with Crippen molar-refractivity contribution in [2.24, 2.45) is 5.92 Å². The fourth-order valence-corrected chi connectivity index (χ4v) is 9.34. The molecular weight excluding hydrogens is 811 g/mol. The molecule has 0 atom stereocenters. The van der Waals surface area contributed by atoms with Gasteiger partial charge >= 0.3 is 115 Å². The first-order valence-corrected chi connectivity index (χ1v) is 20.6. The SMILES string of the molecule is CCN(C1CCC(C(=O)O)CC1)S(=O)(=O)c1cccc(C(=O)Nc2ccc(N3CCCCC3)cc2C(=O)Nc2ccc(CCc3ccc(C(=O)O)cc3)cc2)c1.[KH].[KH]. The number of rotatable bonds is 14. The van der Waals surface area contributed by atoms with Gasteiger partial charge in [0.2, 0.25) is 10.0 Å². The number of nitrogens with one attached hydrogen (secondary N) is 2. The van der Waals surface area contributed by atoms with Crippen LogP contribution in [0, 0.1) is 5.92 Å². The average molecular weight is 861 g/mol. The van der Waals surface area contributed by atoms with Crippen LogP contribution in [0.5, 0.6) is 0 Å². The molecule has 12 nitrogen and oxygen atoms in total. The molecule has 2 amide bonds. The van der Waals surface area contributed by atoms with Gasteiger partial charge in [0.05, 0.1) is 27.6 Å². The van der Waals surface area contributed by atoms with Crippen LogP contribution in [0.3, 0.4) is 0 Å². The quantitative estimate of drug-likeness (QED) is 0.111. The van der Waals surface area contributed by atoms with Crippen molar-refractivity contribution >= 4 is 154 Å². The van der Waals surface area contributed by atoms with E-state index in [0.717, 1.165) is 62.0 Å². The normalized spacial score (nSPS) is 16.7. The number of piperidine rings is 1. The third-order valence-corrected chi connectivity index (χ3v) is 12.8. The van der Waals surface area contributed by atoms with Crippen molar-refractivity contribution < 1.29 is 37.8 Å². The van der Waals surface area contributed by atoms with Gasteiger partial charge < -0.3 is 25.7 Å². The van der Waals surface area contributed by atoms with Crippen LogP contribution in [0.2, 0.25) is 0 Å². The molecule has 1 heterocycles. The summed E-state index contributed by atoms with van der Waals surface area (Å²) in [5.41, 5.74) is 4.38. The molecule has 6 rings (SSSR count). The second kappa shape index (κ2) is 22.5. The van der Waals surface area contributed by atoms with E-state index in [1.165, 1.54) is 28.6 Å². The topological polar surface area (TPSA) is 173 Å². The number of hydrogen-bond acceptors (Lipinski definition) is 7. The summed E-state index contributed by atoms with van der Waals surface area (Å²) in [5.74, 6) is -3.29. The van der Waals surface area contributed by atoms with E-state index in [2.05, 4.69) is 15.5 Å². The zero-order valence-electron chi connectivity index (χ0n) is 31.4. The van der Waals surface area contributed by atoms with E-state index in [9.17, 15) is 32.7 Å². The Morgan fingerprint density at radius 3 is 1.93 bits per heavy atom. The number of sulfonamides is 1. The van der Waals surface area contributed by atoms with Crippen LogP contribution in [0.1, 0.15) is 94.1 Å². The summed E-state index contributed by atoms with van der Waals surface area (Å²) in [4.78, 5) is 52.5. The van der Waals surface area contributed by atoms with Gasteiger partial charge in [-0.15, -0.1) is 0 Å². The van der Waals surface area contributed by atoms with Gasteiger partial charge in [0, 0.05) is 42.6 Å². The van der Waals surface area contributed by atoms with E-state index in [4.69, 9.17) is 5.11 Å². The van der Waals surface area contributed by atoms with Crippen LogP contribution in [0.25, 0.3) is 0 Å². The molecule has 0 aromatic heterocycles. The predicted octanol–water partition coefficient (Wildman–Crippen LogP) is 6.02. The van der Waals surface area contributed by atoms with Crippen LogP contribution in [-0.2, 0) is 27.7 Å². The van der Waals surface area contributed by atoms with Crippen molar-refractivity contribution in [2.75, 3.05) is 35.2 Å². The number of hydrogen-bond donors (Lipinski definition) is 4. The summed E-state index contributed by atoms with van der Waals surface area (Å²) in [5, 5.41) is 24.4. The number of nitrogens with zero attached hydrogens (tertiary/aromatic N) is 2. The van der Waals surface area contributed by atoms with E-state index in [1.54, 1.807) is 31.2 Å². The maximum absolute atomic E-state index is 13.9. The number of amides is 2. The van der Waals surface area contributed by atoms with Gasteiger partial charge in [-0.2, -0.15) is 4.31 Å². The maximum atomic E-state index is 13.9. The molecule has 1 aliphatic carbocycles. The Labute approximate surface area is 425 Å².